The van der Waals surface area contributed by atoms with E-state index in [4.69, 9.17) is 0 Å². The molecule has 2 aromatic carbocycles. The summed E-state index contributed by atoms with van der Waals surface area (Å²) in [6.45, 7) is 4.64. The predicted molar refractivity (Wildman–Crippen MR) is 123 cm³/mol. The third-order valence-corrected chi connectivity index (χ3v) is 6.46. The van der Waals surface area contributed by atoms with Crippen LogP contribution in [-0.2, 0) is 0 Å². The van der Waals surface area contributed by atoms with Crippen LogP contribution >= 0.6 is 15.9 Å². The van der Waals surface area contributed by atoms with E-state index in [1.165, 1.54) is 17.8 Å². The molecule has 8 heteroatoms. The van der Waals surface area contributed by atoms with Crippen molar-refractivity contribution in [2.75, 3.05) is 50.7 Å². The Kier molecular flexibility index (Phi) is 6.65. The summed E-state index contributed by atoms with van der Waals surface area (Å²) in [5, 5.41) is 12.5. The fraction of sp³-hybridized carbons (Fsp3) is 0.391. The van der Waals surface area contributed by atoms with Crippen molar-refractivity contribution in [1.29, 1.82) is 0 Å². The number of hydrogen-bond acceptors (Lipinski definition) is 4. The number of carbonyl (C=O) groups is 2. The van der Waals surface area contributed by atoms with Gasteiger partial charge in [0.25, 0.3) is 5.91 Å². The zero-order valence-corrected chi connectivity index (χ0v) is 18.9. The van der Waals surface area contributed by atoms with E-state index in [0.717, 1.165) is 24.0 Å². The van der Waals surface area contributed by atoms with Crippen LogP contribution in [0.3, 0.4) is 0 Å². The second-order valence-electron chi connectivity index (χ2n) is 8.09. The van der Waals surface area contributed by atoms with E-state index in [1.807, 2.05) is 12.1 Å². The predicted octanol–water partition coefficient (Wildman–Crippen LogP) is 3.15. The van der Waals surface area contributed by atoms with Gasteiger partial charge in [-0.25, -0.2) is 4.79 Å². The molecule has 2 saturated heterocycles. The topological polar surface area (TPSA) is 76.1 Å². The lowest BCUT2D eigenvalue weighted by atomic mass is 10.1. The second-order valence-corrected chi connectivity index (χ2v) is 9.01. The number of amides is 3. The number of urea groups is 1. The Hall–Kier alpha value is -2.74. The van der Waals surface area contributed by atoms with Crippen LogP contribution in [0.5, 0.6) is 5.75 Å². The molecular weight excluding hydrogens is 460 g/mol. The van der Waals surface area contributed by atoms with Gasteiger partial charge in [-0.1, -0.05) is 22.0 Å². The molecule has 2 fully saturated rings. The van der Waals surface area contributed by atoms with Gasteiger partial charge in [0.05, 0.1) is 0 Å². The molecule has 0 aliphatic carbocycles. The van der Waals surface area contributed by atoms with Gasteiger partial charge in [-0.3, -0.25) is 4.79 Å². The van der Waals surface area contributed by atoms with Crippen LogP contribution in [0.2, 0.25) is 0 Å². The largest absolute Gasteiger partial charge is 0.508 e. The molecule has 3 amide bonds. The Morgan fingerprint density at radius 2 is 1.71 bits per heavy atom. The normalized spacial score (nSPS) is 18.9. The van der Waals surface area contributed by atoms with Crippen molar-refractivity contribution >= 4 is 33.6 Å². The van der Waals surface area contributed by atoms with Crippen LogP contribution in [0, 0.1) is 5.92 Å². The average Bonchev–Trinajstić information content (AvgIpc) is 3.27. The molecule has 2 N–H and O–H groups in total. The summed E-state index contributed by atoms with van der Waals surface area (Å²) in [7, 11) is 0. The summed E-state index contributed by atoms with van der Waals surface area (Å²) in [6, 6.07) is 14.5. The highest BCUT2D eigenvalue weighted by atomic mass is 79.9. The Bertz CT molecular complexity index is 929. The van der Waals surface area contributed by atoms with Gasteiger partial charge in [0.1, 0.15) is 5.75 Å². The van der Waals surface area contributed by atoms with Crippen LogP contribution in [-0.4, -0.2) is 72.7 Å². The molecule has 0 saturated carbocycles. The van der Waals surface area contributed by atoms with Gasteiger partial charge in [0.15, 0.2) is 0 Å². The van der Waals surface area contributed by atoms with Crippen molar-refractivity contribution < 1.29 is 14.7 Å². The molecule has 1 atom stereocenters. The van der Waals surface area contributed by atoms with E-state index < -0.39 is 0 Å². The highest BCUT2D eigenvalue weighted by Gasteiger charge is 2.27. The fourth-order valence-electron chi connectivity index (χ4n) is 4.15. The first-order chi connectivity index (χ1) is 15.0. The number of phenols is 1. The molecule has 31 heavy (non-hydrogen) atoms. The number of carbonyl (C=O) groups excluding carboxylic acids is 2. The number of hydrogen-bond donors (Lipinski definition) is 2. The standard InChI is InChI=1S/C23H27BrN4O3/c24-19-2-1-3-20(14-19)28-9-8-17(16-28)15-25-23(31)27-12-10-26(11-13-27)22(30)18-4-6-21(29)7-5-18/h1-7,14,17,29H,8-13,15-16H2,(H,25,31). The van der Waals surface area contributed by atoms with Crippen LogP contribution in [0.15, 0.2) is 53.0 Å². The molecule has 7 nitrogen and oxygen atoms in total. The first-order valence-corrected chi connectivity index (χ1v) is 11.4. The van der Waals surface area contributed by atoms with E-state index in [2.05, 4.69) is 38.3 Å². The molecule has 0 bridgehead atoms. The molecule has 164 valence electrons. The smallest absolute Gasteiger partial charge is 0.317 e. The molecule has 2 aliphatic rings. The summed E-state index contributed by atoms with van der Waals surface area (Å²) in [6.07, 6.45) is 1.06. The van der Waals surface area contributed by atoms with Gasteiger partial charge in [0.2, 0.25) is 0 Å². The second kappa shape index (κ2) is 9.60. The van der Waals surface area contributed by atoms with Crippen molar-refractivity contribution in [3.63, 3.8) is 0 Å². The molecule has 0 radical (unpaired) electrons. The molecule has 2 heterocycles. The maximum Gasteiger partial charge on any atom is 0.317 e. The monoisotopic (exact) mass is 486 g/mol. The fourth-order valence-corrected chi connectivity index (χ4v) is 4.54. The lowest BCUT2D eigenvalue weighted by Crippen LogP contribution is -2.53. The van der Waals surface area contributed by atoms with Crippen LogP contribution in [0.25, 0.3) is 0 Å². The average molecular weight is 487 g/mol. The number of nitrogens with one attached hydrogen (secondary N) is 1. The highest BCUT2D eigenvalue weighted by molar-refractivity contribution is 9.10. The highest BCUT2D eigenvalue weighted by Crippen LogP contribution is 2.26. The molecular formula is C23H27BrN4O3. The molecule has 0 spiro atoms. The first-order valence-electron chi connectivity index (χ1n) is 10.6. The van der Waals surface area contributed by atoms with E-state index in [9.17, 15) is 14.7 Å². The van der Waals surface area contributed by atoms with Crippen LogP contribution in [0.4, 0.5) is 10.5 Å². The molecule has 0 aromatic heterocycles. The van der Waals surface area contributed by atoms with Crippen LogP contribution in [0.1, 0.15) is 16.8 Å². The third kappa shape index (κ3) is 5.31. The number of anilines is 1. The SMILES string of the molecule is O=C(NCC1CCN(c2cccc(Br)c2)C1)N1CCN(C(=O)c2ccc(O)cc2)CC1. The summed E-state index contributed by atoms with van der Waals surface area (Å²) in [5.74, 6) is 0.499. The van der Waals surface area contributed by atoms with Gasteiger partial charge in [-0.15, -0.1) is 0 Å². The quantitative estimate of drug-likeness (QED) is 0.695. The lowest BCUT2D eigenvalue weighted by Gasteiger charge is -2.35. The Balaban J connectivity index is 1.21. The van der Waals surface area contributed by atoms with E-state index in [1.54, 1.807) is 21.9 Å². The lowest BCUT2D eigenvalue weighted by molar-refractivity contribution is 0.0664. The molecule has 2 aliphatic heterocycles. The van der Waals surface area contributed by atoms with Gasteiger partial charge < -0.3 is 25.1 Å². The molecule has 2 aromatic rings. The number of rotatable bonds is 4. The van der Waals surface area contributed by atoms with E-state index in [0.29, 0.717) is 44.2 Å². The van der Waals surface area contributed by atoms with Crippen LogP contribution < -0.4 is 10.2 Å². The zero-order valence-electron chi connectivity index (χ0n) is 17.3. The minimum atomic E-state index is -0.0707. The molecule has 4 rings (SSSR count). The number of benzene rings is 2. The Labute approximate surface area is 190 Å². The summed E-state index contributed by atoms with van der Waals surface area (Å²) in [4.78, 5) is 31.1. The number of halogens is 1. The minimum Gasteiger partial charge on any atom is -0.508 e. The molecule has 1 unspecified atom stereocenters. The van der Waals surface area contributed by atoms with Gasteiger partial charge >= 0.3 is 6.03 Å². The van der Waals surface area contributed by atoms with E-state index >= 15 is 0 Å². The zero-order chi connectivity index (χ0) is 21.8. The minimum absolute atomic E-state index is 0.0577. The summed E-state index contributed by atoms with van der Waals surface area (Å²) < 4.78 is 1.07. The van der Waals surface area contributed by atoms with Gasteiger partial charge in [-0.2, -0.15) is 0 Å². The van der Waals surface area contributed by atoms with Gasteiger partial charge in [-0.05, 0) is 54.8 Å². The number of nitrogens with zero attached hydrogens (tertiary/aromatic N) is 3. The van der Waals surface area contributed by atoms with Crippen molar-refractivity contribution in [2.24, 2.45) is 5.92 Å². The first kappa shape index (κ1) is 21.5. The van der Waals surface area contributed by atoms with E-state index in [-0.39, 0.29) is 17.7 Å². The van der Waals surface area contributed by atoms with Crippen molar-refractivity contribution in [1.82, 2.24) is 15.1 Å². The van der Waals surface area contributed by atoms with Crippen molar-refractivity contribution in [2.45, 2.75) is 6.42 Å². The number of aromatic hydroxyl groups is 1. The Morgan fingerprint density at radius 3 is 2.42 bits per heavy atom. The third-order valence-electron chi connectivity index (χ3n) is 5.97. The summed E-state index contributed by atoms with van der Waals surface area (Å²) in [5.41, 5.74) is 1.75. The Morgan fingerprint density at radius 1 is 1.00 bits per heavy atom. The number of piperazine rings is 1. The maximum atomic E-state index is 12.6. The van der Waals surface area contributed by atoms with Crippen molar-refractivity contribution in [3.05, 3.63) is 58.6 Å². The summed E-state index contributed by atoms with van der Waals surface area (Å²) >= 11 is 3.52. The van der Waals surface area contributed by atoms with Gasteiger partial charge in [0, 0.05) is 61.5 Å². The number of phenolic OH excluding ortho intramolecular Hbond substituents is 1. The van der Waals surface area contributed by atoms with Crippen molar-refractivity contribution in [3.8, 4) is 5.75 Å². The maximum absolute atomic E-state index is 12.6.